The van der Waals surface area contributed by atoms with Gasteiger partial charge in [0.05, 0.1) is 26.7 Å². The van der Waals surface area contributed by atoms with Crippen LogP contribution in [-0.2, 0) is 20.8 Å². The fourth-order valence-corrected chi connectivity index (χ4v) is 1.38. The zero-order chi connectivity index (χ0) is 15.0. The van der Waals surface area contributed by atoms with E-state index < -0.39 is 11.9 Å². The summed E-state index contributed by atoms with van der Waals surface area (Å²) in [6, 6.07) is 2.59. The number of carbonyl (C=O) groups excluding carboxylic acids is 2. The molecule has 1 N–H and O–H groups in total. The first-order chi connectivity index (χ1) is 9.58. The first-order valence-corrected chi connectivity index (χ1v) is 6.00. The monoisotopic (exact) mass is 283 g/mol. The van der Waals surface area contributed by atoms with Gasteiger partial charge in [0.1, 0.15) is 5.69 Å². The number of methoxy groups -OCH3 is 2. The van der Waals surface area contributed by atoms with E-state index in [-0.39, 0.29) is 30.8 Å². The Morgan fingerprint density at radius 3 is 2.75 bits per heavy atom. The van der Waals surface area contributed by atoms with Crippen LogP contribution in [0.2, 0.25) is 0 Å². The summed E-state index contributed by atoms with van der Waals surface area (Å²) in [5.41, 5.74) is -0.210. The van der Waals surface area contributed by atoms with Gasteiger partial charge in [-0.15, -0.1) is 0 Å². The normalized spacial score (nSPS) is 10.1. The summed E-state index contributed by atoms with van der Waals surface area (Å²) >= 11 is 0. The van der Waals surface area contributed by atoms with Crippen molar-refractivity contribution in [3.63, 3.8) is 0 Å². The van der Waals surface area contributed by atoms with Crippen molar-refractivity contribution in [2.45, 2.75) is 13.0 Å². The molecule has 0 bridgehead atoms. The molecule has 0 aromatic carbocycles. The molecule has 0 aliphatic carbocycles. The molecule has 0 spiro atoms. The number of rotatable bonds is 7. The number of hydrogen-bond acceptors (Lipinski definition) is 6. The highest BCUT2D eigenvalue weighted by molar-refractivity contribution is 5.92. The Labute approximate surface area is 115 Å². The highest BCUT2D eigenvalue weighted by Crippen LogP contribution is 1.92. The van der Waals surface area contributed by atoms with Crippen LogP contribution in [0.15, 0.2) is 16.9 Å². The van der Waals surface area contributed by atoms with E-state index in [2.05, 4.69) is 15.2 Å². The Hall–Kier alpha value is -2.22. The highest BCUT2D eigenvalue weighted by atomic mass is 16.5. The SMILES string of the molecule is COCCn1nc(C(=O)NCCC(=O)OC)ccc1=O. The van der Waals surface area contributed by atoms with Crippen LogP contribution in [0, 0.1) is 0 Å². The standard InChI is InChI=1S/C12H17N3O5/c1-19-8-7-15-10(16)4-3-9(14-15)12(18)13-6-5-11(17)20-2/h3-4H,5-8H2,1-2H3,(H,13,18). The molecule has 0 atom stereocenters. The lowest BCUT2D eigenvalue weighted by atomic mass is 10.3. The van der Waals surface area contributed by atoms with E-state index in [1.807, 2.05) is 0 Å². The number of carbonyl (C=O) groups is 2. The predicted octanol–water partition coefficient (Wildman–Crippen LogP) is -0.817. The molecule has 1 aromatic heterocycles. The summed E-state index contributed by atoms with van der Waals surface area (Å²) in [5.74, 6) is -0.872. The van der Waals surface area contributed by atoms with Gasteiger partial charge in [0, 0.05) is 19.7 Å². The Bertz CT molecular complexity index is 526. The molecule has 1 amide bonds. The Morgan fingerprint density at radius 2 is 2.10 bits per heavy atom. The summed E-state index contributed by atoms with van der Waals surface area (Å²) in [6.45, 7) is 0.726. The molecule has 0 saturated carbocycles. The van der Waals surface area contributed by atoms with Crippen LogP contribution in [0.25, 0.3) is 0 Å². The quantitative estimate of drug-likeness (QED) is 0.656. The van der Waals surface area contributed by atoms with Crippen molar-refractivity contribution in [1.82, 2.24) is 15.1 Å². The minimum atomic E-state index is -0.458. The molecule has 20 heavy (non-hydrogen) atoms. The molecule has 0 saturated heterocycles. The van der Waals surface area contributed by atoms with Crippen molar-refractivity contribution in [3.8, 4) is 0 Å². The zero-order valence-electron chi connectivity index (χ0n) is 11.4. The number of nitrogens with one attached hydrogen (secondary N) is 1. The van der Waals surface area contributed by atoms with Crippen LogP contribution < -0.4 is 10.9 Å². The van der Waals surface area contributed by atoms with Crippen LogP contribution in [0.1, 0.15) is 16.9 Å². The van der Waals surface area contributed by atoms with Gasteiger partial charge in [-0.05, 0) is 6.07 Å². The Balaban J connectivity index is 2.63. The van der Waals surface area contributed by atoms with Gasteiger partial charge in [-0.1, -0.05) is 0 Å². The van der Waals surface area contributed by atoms with Crippen molar-refractivity contribution in [2.75, 3.05) is 27.4 Å². The zero-order valence-corrected chi connectivity index (χ0v) is 11.4. The third-order valence-corrected chi connectivity index (χ3v) is 2.45. The fraction of sp³-hybridized carbons (Fsp3) is 0.500. The maximum absolute atomic E-state index is 11.8. The highest BCUT2D eigenvalue weighted by Gasteiger charge is 2.10. The molecule has 1 heterocycles. The predicted molar refractivity (Wildman–Crippen MR) is 69.3 cm³/mol. The molecule has 0 radical (unpaired) electrons. The van der Waals surface area contributed by atoms with Crippen LogP contribution in [0.3, 0.4) is 0 Å². The molecular weight excluding hydrogens is 266 g/mol. The van der Waals surface area contributed by atoms with E-state index in [0.29, 0.717) is 6.61 Å². The van der Waals surface area contributed by atoms with Gasteiger partial charge in [0.25, 0.3) is 11.5 Å². The molecule has 110 valence electrons. The molecule has 1 rings (SSSR count). The number of amides is 1. The van der Waals surface area contributed by atoms with Gasteiger partial charge < -0.3 is 14.8 Å². The summed E-state index contributed by atoms with van der Waals surface area (Å²) < 4.78 is 10.5. The number of nitrogens with zero attached hydrogens (tertiary/aromatic N) is 2. The molecular formula is C12H17N3O5. The van der Waals surface area contributed by atoms with Crippen molar-refractivity contribution >= 4 is 11.9 Å². The lowest BCUT2D eigenvalue weighted by molar-refractivity contribution is -0.140. The van der Waals surface area contributed by atoms with E-state index in [1.54, 1.807) is 0 Å². The average molecular weight is 283 g/mol. The number of hydrogen-bond donors (Lipinski definition) is 1. The fourth-order valence-electron chi connectivity index (χ4n) is 1.38. The largest absolute Gasteiger partial charge is 0.469 e. The van der Waals surface area contributed by atoms with Gasteiger partial charge in [0.15, 0.2) is 0 Å². The van der Waals surface area contributed by atoms with Crippen molar-refractivity contribution in [3.05, 3.63) is 28.2 Å². The van der Waals surface area contributed by atoms with E-state index in [4.69, 9.17) is 4.74 Å². The molecule has 0 aliphatic rings. The third kappa shape index (κ3) is 4.81. The van der Waals surface area contributed by atoms with E-state index >= 15 is 0 Å². The topological polar surface area (TPSA) is 99.5 Å². The average Bonchev–Trinajstić information content (AvgIpc) is 2.46. The van der Waals surface area contributed by atoms with Gasteiger partial charge in [-0.25, -0.2) is 4.68 Å². The first-order valence-electron chi connectivity index (χ1n) is 6.00. The summed E-state index contributed by atoms with van der Waals surface area (Å²) in [4.78, 5) is 34.2. The Kier molecular flexibility index (Phi) is 6.38. The van der Waals surface area contributed by atoms with Crippen molar-refractivity contribution < 1.29 is 19.1 Å². The Morgan fingerprint density at radius 1 is 1.35 bits per heavy atom. The van der Waals surface area contributed by atoms with E-state index in [0.717, 1.165) is 4.68 Å². The number of esters is 1. The second-order valence-electron chi connectivity index (χ2n) is 3.85. The number of ether oxygens (including phenoxy) is 2. The van der Waals surface area contributed by atoms with E-state index in [1.165, 1.54) is 26.4 Å². The van der Waals surface area contributed by atoms with Gasteiger partial charge in [-0.3, -0.25) is 14.4 Å². The lowest BCUT2D eigenvalue weighted by Crippen LogP contribution is -2.31. The number of aromatic nitrogens is 2. The molecule has 8 nitrogen and oxygen atoms in total. The van der Waals surface area contributed by atoms with Crippen LogP contribution in [0.5, 0.6) is 0 Å². The van der Waals surface area contributed by atoms with E-state index in [9.17, 15) is 14.4 Å². The molecule has 0 aliphatic heterocycles. The van der Waals surface area contributed by atoms with Crippen LogP contribution in [-0.4, -0.2) is 49.0 Å². The van der Waals surface area contributed by atoms with Gasteiger partial charge in [-0.2, -0.15) is 5.10 Å². The molecule has 1 aromatic rings. The molecule has 8 heteroatoms. The van der Waals surface area contributed by atoms with Crippen molar-refractivity contribution in [2.24, 2.45) is 0 Å². The van der Waals surface area contributed by atoms with Crippen LogP contribution >= 0.6 is 0 Å². The minimum absolute atomic E-state index is 0.0750. The molecule has 0 fully saturated rings. The summed E-state index contributed by atoms with van der Waals surface area (Å²) in [5, 5.41) is 6.44. The lowest BCUT2D eigenvalue weighted by Gasteiger charge is -2.07. The minimum Gasteiger partial charge on any atom is -0.469 e. The van der Waals surface area contributed by atoms with Gasteiger partial charge >= 0.3 is 5.97 Å². The summed E-state index contributed by atoms with van der Waals surface area (Å²) in [7, 11) is 2.78. The van der Waals surface area contributed by atoms with Crippen molar-refractivity contribution in [1.29, 1.82) is 0 Å². The second-order valence-corrected chi connectivity index (χ2v) is 3.85. The third-order valence-electron chi connectivity index (χ3n) is 2.45. The summed E-state index contributed by atoms with van der Waals surface area (Å²) in [6.07, 6.45) is 0.0750. The smallest absolute Gasteiger partial charge is 0.307 e. The molecule has 0 unspecified atom stereocenters. The maximum Gasteiger partial charge on any atom is 0.307 e. The van der Waals surface area contributed by atoms with Gasteiger partial charge in [0.2, 0.25) is 0 Å². The first kappa shape index (κ1) is 15.8. The second kappa shape index (κ2) is 8.05. The maximum atomic E-state index is 11.8. The van der Waals surface area contributed by atoms with Crippen LogP contribution in [0.4, 0.5) is 0 Å².